The number of amides is 1. The molecule has 0 saturated carbocycles. The molecule has 0 aliphatic rings. The highest BCUT2D eigenvalue weighted by Gasteiger charge is 2.09. The number of aromatic nitrogens is 6. The second-order valence-electron chi connectivity index (χ2n) is 7.28. The Morgan fingerprint density at radius 2 is 1.94 bits per heavy atom. The number of hydrogen-bond donors (Lipinski definition) is 1. The van der Waals surface area contributed by atoms with Crippen molar-refractivity contribution in [3.8, 4) is 11.4 Å². The number of nitrogens with one attached hydrogen (secondary N) is 1. The highest BCUT2D eigenvalue weighted by atomic mass is 16.5. The van der Waals surface area contributed by atoms with E-state index in [0.717, 1.165) is 22.6 Å². The number of carbonyl (C=O) groups is 1. The first-order chi connectivity index (χ1) is 15.6. The van der Waals surface area contributed by atoms with Crippen LogP contribution < -0.4 is 10.1 Å². The third-order valence-corrected chi connectivity index (χ3v) is 4.87. The van der Waals surface area contributed by atoms with Crippen LogP contribution in [0.3, 0.4) is 0 Å². The summed E-state index contributed by atoms with van der Waals surface area (Å²) in [4.78, 5) is 17.2. The Morgan fingerprint density at radius 1 is 1.06 bits per heavy atom. The van der Waals surface area contributed by atoms with E-state index in [1.165, 1.54) is 11.0 Å². The molecule has 3 aromatic heterocycles. The molecule has 0 saturated heterocycles. The second kappa shape index (κ2) is 8.31. The predicted molar refractivity (Wildman–Crippen MR) is 118 cm³/mol. The number of imidazole rings is 1. The van der Waals surface area contributed by atoms with E-state index in [4.69, 9.17) is 4.74 Å². The molecule has 9 heteroatoms. The van der Waals surface area contributed by atoms with Crippen molar-refractivity contribution in [2.45, 2.75) is 13.5 Å². The van der Waals surface area contributed by atoms with Crippen molar-refractivity contribution >= 4 is 17.2 Å². The molecule has 158 valence electrons. The van der Waals surface area contributed by atoms with Gasteiger partial charge in [-0.2, -0.15) is 0 Å². The number of carbonyl (C=O) groups excluding carboxylic acids is 1. The molecule has 0 radical (unpaired) electrons. The lowest BCUT2D eigenvalue weighted by atomic mass is 10.2. The van der Waals surface area contributed by atoms with Gasteiger partial charge in [-0.25, -0.2) is 9.67 Å². The molecule has 0 fully saturated rings. The molecule has 9 nitrogen and oxygen atoms in total. The summed E-state index contributed by atoms with van der Waals surface area (Å²) in [6.07, 6.45) is 5.47. The Hall–Kier alpha value is -4.53. The Morgan fingerprint density at radius 3 is 2.75 bits per heavy atom. The van der Waals surface area contributed by atoms with Crippen LogP contribution in [-0.4, -0.2) is 35.5 Å². The van der Waals surface area contributed by atoms with Gasteiger partial charge in [-0.05, 0) is 71.4 Å². The summed E-state index contributed by atoms with van der Waals surface area (Å²) in [5.41, 5.74) is 4.80. The van der Waals surface area contributed by atoms with E-state index in [2.05, 4.69) is 25.8 Å². The molecule has 0 atom stereocenters. The minimum Gasteiger partial charge on any atom is -0.487 e. The van der Waals surface area contributed by atoms with Crippen molar-refractivity contribution in [1.29, 1.82) is 0 Å². The summed E-state index contributed by atoms with van der Waals surface area (Å²) < 4.78 is 9.39. The van der Waals surface area contributed by atoms with Crippen LogP contribution in [0.15, 0.2) is 79.4 Å². The molecule has 1 N–H and O–H groups in total. The van der Waals surface area contributed by atoms with Crippen molar-refractivity contribution in [1.82, 2.24) is 29.6 Å². The number of anilines is 1. The van der Waals surface area contributed by atoms with Crippen LogP contribution in [0.25, 0.3) is 11.3 Å². The van der Waals surface area contributed by atoms with Gasteiger partial charge in [0.15, 0.2) is 0 Å². The lowest BCUT2D eigenvalue weighted by molar-refractivity contribution is 0.102. The van der Waals surface area contributed by atoms with Gasteiger partial charge in [0.2, 0.25) is 0 Å². The van der Waals surface area contributed by atoms with Gasteiger partial charge in [0, 0.05) is 23.6 Å². The molecular weight excluding hydrogens is 406 g/mol. The van der Waals surface area contributed by atoms with Crippen molar-refractivity contribution in [2.75, 3.05) is 5.32 Å². The molecule has 2 aromatic carbocycles. The van der Waals surface area contributed by atoms with Gasteiger partial charge in [-0.1, -0.05) is 12.1 Å². The standard InChI is InChI=1S/C23H19N7O2/c1-16-5-10-22-25-19(13-29(22)12-16)14-32-21-4-2-3-17(11-21)23(31)26-18-6-8-20(9-7-18)30-15-24-27-28-30/h2-13,15H,14H2,1H3,(H,26,31). The average Bonchev–Trinajstić information content (AvgIpc) is 3.48. The Labute approximate surface area is 183 Å². The zero-order valence-corrected chi connectivity index (χ0v) is 17.2. The molecule has 5 aromatic rings. The number of hydrogen-bond acceptors (Lipinski definition) is 6. The van der Waals surface area contributed by atoms with E-state index in [0.29, 0.717) is 23.6 Å². The lowest BCUT2D eigenvalue weighted by Crippen LogP contribution is -2.12. The maximum absolute atomic E-state index is 12.7. The molecular formula is C23H19N7O2. The van der Waals surface area contributed by atoms with E-state index in [-0.39, 0.29) is 5.91 Å². The first-order valence-corrected chi connectivity index (χ1v) is 9.96. The Balaban J connectivity index is 1.24. The summed E-state index contributed by atoms with van der Waals surface area (Å²) in [5, 5.41) is 13.9. The van der Waals surface area contributed by atoms with Crippen molar-refractivity contribution in [3.05, 3.63) is 96.2 Å². The van der Waals surface area contributed by atoms with Gasteiger partial charge in [0.1, 0.15) is 24.3 Å². The van der Waals surface area contributed by atoms with Crippen LogP contribution in [0.4, 0.5) is 5.69 Å². The number of rotatable bonds is 6. The highest BCUT2D eigenvalue weighted by Crippen LogP contribution is 2.18. The fourth-order valence-corrected chi connectivity index (χ4v) is 3.29. The summed E-state index contributed by atoms with van der Waals surface area (Å²) in [6, 6.07) is 18.3. The molecule has 0 aliphatic carbocycles. The normalized spacial score (nSPS) is 10.9. The van der Waals surface area contributed by atoms with Crippen LogP contribution in [-0.2, 0) is 6.61 Å². The van der Waals surface area contributed by atoms with E-state index in [9.17, 15) is 4.79 Å². The predicted octanol–water partition coefficient (Wildman–Crippen LogP) is 3.45. The van der Waals surface area contributed by atoms with Gasteiger partial charge < -0.3 is 14.5 Å². The van der Waals surface area contributed by atoms with Crippen molar-refractivity contribution in [2.24, 2.45) is 0 Å². The van der Waals surface area contributed by atoms with E-state index >= 15 is 0 Å². The maximum Gasteiger partial charge on any atom is 0.255 e. The van der Waals surface area contributed by atoms with Crippen molar-refractivity contribution < 1.29 is 9.53 Å². The van der Waals surface area contributed by atoms with Crippen LogP contribution in [0.5, 0.6) is 5.75 Å². The molecule has 0 bridgehead atoms. The van der Waals surface area contributed by atoms with Gasteiger partial charge in [0.05, 0.1) is 11.4 Å². The number of nitrogens with zero attached hydrogens (tertiary/aromatic N) is 6. The topological polar surface area (TPSA) is 99.2 Å². The fraction of sp³-hybridized carbons (Fsp3) is 0.0870. The number of ether oxygens (including phenoxy) is 1. The van der Waals surface area contributed by atoms with E-state index in [1.807, 2.05) is 54.0 Å². The smallest absolute Gasteiger partial charge is 0.255 e. The molecule has 0 spiro atoms. The second-order valence-corrected chi connectivity index (χ2v) is 7.28. The SMILES string of the molecule is Cc1ccc2nc(COc3cccc(C(=O)Nc4ccc(-n5cnnn5)cc4)c3)cn2c1. The minimum atomic E-state index is -0.228. The van der Waals surface area contributed by atoms with E-state index < -0.39 is 0 Å². The monoisotopic (exact) mass is 425 g/mol. The number of pyridine rings is 1. The average molecular weight is 425 g/mol. The molecule has 32 heavy (non-hydrogen) atoms. The third-order valence-electron chi connectivity index (χ3n) is 4.87. The molecule has 3 heterocycles. The largest absolute Gasteiger partial charge is 0.487 e. The molecule has 0 unspecified atom stereocenters. The van der Waals surface area contributed by atoms with Gasteiger partial charge >= 0.3 is 0 Å². The van der Waals surface area contributed by atoms with Crippen LogP contribution in [0.2, 0.25) is 0 Å². The van der Waals surface area contributed by atoms with Gasteiger partial charge in [-0.15, -0.1) is 5.10 Å². The first kappa shape index (κ1) is 19.4. The first-order valence-electron chi connectivity index (χ1n) is 9.96. The maximum atomic E-state index is 12.7. The van der Waals surface area contributed by atoms with Gasteiger partial charge in [-0.3, -0.25) is 4.79 Å². The number of fused-ring (bicyclic) bond motifs is 1. The van der Waals surface area contributed by atoms with Crippen molar-refractivity contribution in [3.63, 3.8) is 0 Å². The number of benzene rings is 2. The zero-order chi connectivity index (χ0) is 21.9. The van der Waals surface area contributed by atoms with Gasteiger partial charge in [0.25, 0.3) is 5.91 Å². The van der Waals surface area contributed by atoms with Crippen LogP contribution in [0.1, 0.15) is 21.6 Å². The minimum absolute atomic E-state index is 0.228. The molecule has 0 aliphatic heterocycles. The number of tetrazole rings is 1. The summed E-state index contributed by atoms with van der Waals surface area (Å²) >= 11 is 0. The quantitative estimate of drug-likeness (QED) is 0.447. The summed E-state index contributed by atoms with van der Waals surface area (Å²) in [6.45, 7) is 2.35. The molecule has 5 rings (SSSR count). The molecule has 1 amide bonds. The Bertz CT molecular complexity index is 1380. The number of aryl methyl sites for hydroxylation is 1. The Kier molecular flexibility index (Phi) is 5.04. The fourth-order valence-electron chi connectivity index (χ4n) is 3.29. The zero-order valence-electron chi connectivity index (χ0n) is 17.2. The van der Waals surface area contributed by atoms with E-state index in [1.54, 1.807) is 30.3 Å². The van der Waals surface area contributed by atoms with Crippen LogP contribution in [0, 0.1) is 6.92 Å². The lowest BCUT2D eigenvalue weighted by Gasteiger charge is -2.09. The highest BCUT2D eigenvalue weighted by molar-refractivity contribution is 6.04. The summed E-state index contributed by atoms with van der Waals surface area (Å²) in [7, 11) is 0. The van der Waals surface area contributed by atoms with Crippen LogP contribution >= 0.6 is 0 Å². The third kappa shape index (κ3) is 4.17. The summed E-state index contributed by atoms with van der Waals surface area (Å²) in [5.74, 6) is 0.369.